The van der Waals surface area contributed by atoms with Crippen molar-refractivity contribution in [3.8, 4) is 5.88 Å². The number of nitrogens with zero attached hydrogens (tertiary/aromatic N) is 1. The molecule has 5 nitrogen and oxygen atoms in total. The Morgan fingerprint density at radius 1 is 0.926 bits per heavy atom. The van der Waals surface area contributed by atoms with Crippen LogP contribution in [0.15, 0.2) is 48.7 Å². The van der Waals surface area contributed by atoms with Gasteiger partial charge in [0.05, 0.1) is 31.0 Å². The topological polar surface area (TPSA) is 49.8 Å². The molecule has 1 aromatic heterocycles. The van der Waals surface area contributed by atoms with Crippen molar-refractivity contribution >= 4 is 12.6 Å². The van der Waals surface area contributed by atoms with Crippen molar-refractivity contribution in [2.45, 2.75) is 51.9 Å². The van der Waals surface area contributed by atoms with E-state index in [9.17, 15) is 0 Å². The summed E-state index contributed by atoms with van der Waals surface area (Å²) in [5.41, 5.74) is 1.37. The highest BCUT2D eigenvalue weighted by molar-refractivity contribution is 6.62. The summed E-state index contributed by atoms with van der Waals surface area (Å²) >= 11 is 0. The molecule has 1 aromatic carbocycles. The Kier molecular flexibility index (Phi) is 6.20. The van der Waals surface area contributed by atoms with Crippen LogP contribution in [0.2, 0.25) is 0 Å². The van der Waals surface area contributed by atoms with Crippen LogP contribution in [0, 0.1) is 0 Å². The highest BCUT2D eigenvalue weighted by Crippen LogP contribution is 2.36. The minimum absolute atomic E-state index is 0.355. The lowest BCUT2D eigenvalue weighted by Gasteiger charge is -2.32. The van der Waals surface area contributed by atoms with Gasteiger partial charge in [-0.2, -0.15) is 0 Å². The van der Waals surface area contributed by atoms with Gasteiger partial charge in [-0.25, -0.2) is 4.98 Å². The van der Waals surface area contributed by atoms with Gasteiger partial charge in [0.15, 0.2) is 0 Å². The maximum absolute atomic E-state index is 6.03. The summed E-state index contributed by atoms with van der Waals surface area (Å²) < 4.78 is 23.4. The standard InChI is InChI=1S/C21H28BNO4/c1-20(2)21(3,4)27-22(26-20)18-11-12-19(23-15-18)25-14-8-13-24-16-17-9-6-5-7-10-17/h5-7,9-12,15H,8,13-14,16H2,1-4H3. The van der Waals surface area contributed by atoms with Gasteiger partial charge in [0, 0.05) is 18.1 Å². The maximum atomic E-state index is 6.03. The first kappa shape index (κ1) is 19.9. The molecule has 1 aliphatic rings. The Hall–Kier alpha value is -1.89. The Morgan fingerprint density at radius 3 is 2.26 bits per heavy atom. The van der Waals surface area contributed by atoms with E-state index in [1.807, 2.05) is 58.0 Å². The second kappa shape index (κ2) is 8.42. The third-order valence-corrected chi connectivity index (χ3v) is 5.08. The molecule has 6 heteroatoms. The van der Waals surface area contributed by atoms with Crippen molar-refractivity contribution in [1.29, 1.82) is 0 Å². The van der Waals surface area contributed by atoms with Crippen LogP contribution in [0.5, 0.6) is 5.88 Å². The molecule has 27 heavy (non-hydrogen) atoms. The molecule has 0 N–H and O–H groups in total. The average molecular weight is 369 g/mol. The first-order chi connectivity index (χ1) is 12.9. The number of hydrogen-bond donors (Lipinski definition) is 0. The summed E-state index contributed by atoms with van der Waals surface area (Å²) in [7, 11) is -0.400. The van der Waals surface area contributed by atoms with Crippen molar-refractivity contribution in [2.75, 3.05) is 13.2 Å². The summed E-state index contributed by atoms with van der Waals surface area (Å²) in [6, 6.07) is 13.9. The van der Waals surface area contributed by atoms with Crippen LogP contribution >= 0.6 is 0 Å². The van der Waals surface area contributed by atoms with E-state index < -0.39 is 7.12 Å². The summed E-state index contributed by atoms with van der Waals surface area (Å²) in [6.45, 7) is 10.0. The SMILES string of the molecule is CC1(C)OB(c2ccc(OCCCOCc3ccccc3)nc2)OC1(C)C. The molecular formula is C21H28BNO4. The van der Waals surface area contributed by atoms with E-state index in [1.54, 1.807) is 6.20 Å². The second-order valence-electron chi connectivity index (χ2n) is 7.76. The summed E-state index contributed by atoms with van der Waals surface area (Å²) in [4.78, 5) is 4.36. The Bertz CT molecular complexity index is 703. The fourth-order valence-electron chi connectivity index (χ4n) is 2.70. The van der Waals surface area contributed by atoms with Gasteiger partial charge < -0.3 is 18.8 Å². The molecule has 0 aliphatic carbocycles. The van der Waals surface area contributed by atoms with E-state index >= 15 is 0 Å². The van der Waals surface area contributed by atoms with Crippen LogP contribution in [-0.4, -0.2) is 36.5 Å². The highest BCUT2D eigenvalue weighted by Gasteiger charge is 2.51. The zero-order valence-corrected chi connectivity index (χ0v) is 16.6. The van der Waals surface area contributed by atoms with Gasteiger partial charge in [0.2, 0.25) is 5.88 Å². The normalized spacial score (nSPS) is 17.9. The smallest absolute Gasteiger partial charge is 0.478 e. The van der Waals surface area contributed by atoms with Crippen molar-refractivity contribution < 1.29 is 18.8 Å². The molecular weight excluding hydrogens is 341 g/mol. The number of benzene rings is 1. The highest BCUT2D eigenvalue weighted by atomic mass is 16.7. The zero-order valence-electron chi connectivity index (χ0n) is 16.6. The van der Waals surface area contributed by atoms with Crippen LogP contribution < -0.4 is 10.2 Å². The van der Waals surface area contributed by atoms with Crippen LogP contribution in [0.1, 0.15) is 39.7 Å². The van der Waals surface area contributed by atoms with Gasteiger partial charge in [0.25, 0.3) is 0 Å². The Balaban J connectivity index is 1.38. The van der Waals surface area contributed by atoms with E-state index in [4.69, 9.17) is 18.8 Å². The molecule has 0 amide bonds. The number of aromatic nitrogens is 1. The van der Waals surface area contributed by atoms with Gasteiger partial charge in [-0.05, 0) is 39.3 Å². The van der Waals surface area contributed by atoms with Gasteiger partial charge in [-0.15, -0.1) is 0 Å². The maximum Gasteiger partial charge on any atom is 0.496 e. The van der Waals surface area contributed by atoms with Crippen LogP contribution in [0.25, 0.3) is 0 Å². The summed E-state index contributed by atoms with van der Waals surface area (Å²) in [5, 5.41) is 0. The first-order valence-corrected chi connectivity index (χ1v) is 9.43. The molecule has 0 spiro atoms. The van der Waals surface area contributed by atoms with E-state index in [-0.39, 0.29) is 11.2 Å². The summed E-state index contributed by atoms with van der Waals surface area (Å²) in [6.07, 6.45) is 2.57. The lowest BCUT2D eigenvalue weighted by atomic mass is 9.80. The molecule has 0 unspecified atom stereocenters. The van der Waals surface area contributed by atoms with Crippen molar-refractivity contribution in [3.63, 3.8) is 0 Å². The molecule has 1 saturated heterocycles. The molecule has 3 rings (SSSR count). The largest absolute Gasteiger partial charge is 0.496 e. The third kappa shape index (κ3) is 5.09. The van der Waals surface area contributed by atoms with Gasteiger partial charge >= 0.3 is 7.12 Å². The van der Waals surface area contributed by atoms with Crippen molar-refractivity contribution in [2.24, 2.45) is 0 Å². The molecule has 2 heterocycles. The second-order valence-corrected chi connectivity index (χ2v) is 7.76. The van der Waals surface area contributed by atoms with Crippen molar-refractivity contribution in [3.05, 3.63) is 54.2 Å². The molecule has 1 fully saturated rings. The monoisotopic (exact) mass is 369 g/mol. The van der Waals surface area contributed by atoms with Gasteiger partial charge in [-0.3, -0.25) is 0 Å². The van der Waals surface area contributed by atoms with Crippen LogP contribution in [0.3, 0.4) is 0 Å². The minimum atomic E-state index is -0.400. The van der Waals surface area contributed by atoms with Crippen molar-refractivity contribution in [1.82, 2.24) is 4.98 Å². The molecule has 144 valence electrons. The minimum Gasteiger partial charge on any atom is -0.478 e. The van der Waals surface area contributed by atoms with Crippen LogP contribution in [-0.2, 0) is 20.7 Å². The molecule has 0 bridgehead atoms. The predicted molar refractivity (Wildman–Crippen MR) is 106 cm³/mol. The average Bonchev–Trinajstić information content (AvgIpc) is 2.87. The molecule has 0 saturated carbocycles. The molecule has 2 aromatic rings. The lowest BCUT2D eigenvalue weighted by Crippen LogP contribution is -2.41. The summed E-state index contributed by atoms with van der Waals surface area (Å²) in [5.74, 6) is 0.596. The fourth-order valence-corrected chi connectivity index (χ4v) is 2.70. The van der Waals surface area contributed by atoms with Gasteiger partial charge in [-0.1, -0.05) is 36.4 Å². The van der Waals surface area contributed by atoms with E-state index in [0.29, 0.717) is 25.7 Å². The third-order valence-electron chi connectivity index (χ3n) is 5.08. The van der Waals surface area contributed by atoms with Gasteiger partial charge in [0.1, 0.15) is 0 Å². The number of hydrogen-bond acceptors (Lipinski definition) is 5. The fraction of sp³-hybridized carbons (Fsp3) is 0.476. The van der Waals surface area contributed by atoms with Crippen LogP contribution in [0.4, 0.5) is 0 Å². The van der Waals surface area contributed by atoms with E-state index in [2.05, 4.69) is 17.1 Å². The number of ether oxygens (including phenoxy) is 2. The quantitative estimate of drug-likeness (QED) is 0.528. The molecule has 0 atom stereocenters. The lowest BCUT2D eigenvalue weighted by molar-refractivity contribution is 0.00578. The van der Waals surface area contributed by atoms with E-state index in [1.165, 1.54) is 5.56 Å². The number of rotatable bonds is 8. The molecule has 0 radical (unpaired) electrons. The van der Waals surface area contributed by atoms with E-state index in [0.717, 1.165) is 11.9 Å². The number of pyridine rings is 1. The molecule has 1 aliphatic heterocycles. The Morgan fingerprint density at radius 2 is 1.63 bits per heavy atom. The first-order valence-electron chi connectivity index (χ1n) is 9.43. The Labute approximate surface area is 162 Å². The zero-order chi connectivity index (χ0) is 19.3. The predicted octanol–water partition coefficient (Wildman–Crippen LogP) is 3.37.